The van der Waals surface area contributed by atoms with E-state index in [0.717, 1.165) is 51.4 Å². The zero-order valence-electron chi connectivity index (χ0n) is 35.7. The van der Waals surface area contributed by atoms with Gasteiger partial charge in [0.2, 0.25) is 5.91 Å². The van der Waals surface area contributed by atoms with Gasteiger partial charge in [0.1, 0.15) is 30.5 Å². The van der Waals surface area contributed by atoms with E-state index in [0.29, 0.717) is 12.8 Å². The molecule has 0 aromatic heterocycles. The summed E-state index contributed by atoms with van der Waals surface area (Å²) in [6, 6.07) is -1.14. The highest BCUT2D eigenvalue weighted by molar-refractivity contribution is 7.80. The second-order valence-electron chi connectivity index (χ2n) is 15.8. The van der Waals surface area contributed by atoms with E-state index in [9.17, 15) is 38.7 Å². The van der Waals surface area contributed by atoms with Gasteiger partial charge >= 0.3 is 10.4 Å². The summed E-state index contributed by atoms with van der Waals surface area (Å²) in [5, 5.41) is 55.1. The summed E-state index contributed by atoms with van der Waals surface area (Å²) in [6.45, 7) is 3.17. The largest absolute Gasteiger partial charge is 0.397 e. The molecule has 0 aromatic rings. The lowest BCUT2D eigenvalue weighted by Gasteiger charge is -2.41. The van der Waals surface area contributed by atoms with Crippen LogP contribution in [0.5, 0.6) is 0 Å². The molecule has 1 heterocycles. The van der Waals surface area contributed by atoms with Crippen LogP contribution in [0.15, 0.2) is 36.5 Å². The average Bonchev–Trinajstić information content (AvgIpc) is 3.19. The highest BCUT2D eigenvalue weighted by atomic mass is 32.3. The second-order valence-corrected chi connectivity index (χ2v) is 16.8. The Labute approximate surface area is 350 Å². The molecule has 8 atom stereocenters. The van der Waals surface area contributed by atoms with Crippen molar-refractivity contribution in [2.24, 2.45) is 0 Å². The summed E-state index contributed by atoms with van der Waals surface area (Å²) < 4.78 is 47.4. The summed E-state index contributed by atoms with van der Waals surface area (Å²) in [5.74, 6) is -0.723. The summed E-state index contributed by atoms with van der Waals surface area (Å²) >= 11 is 0. The van der Waals surface area contributed by atoms with Crippen LogP contribution in [0, 0.1) is 0 Å². The molecule has 1 rings (SSSR count). The number of aliphatic hydroxyl groups excluding tert-OH is 5. The summed E-state index contributed by atoms with van der Waals surface area (Å²) in [7, 11) is -5.12. The third kappa shape index (κ3) is 27.2. The molecule has 13 nitrogen and oxygen atoms in total. The molecule has 1 saturated heterocycles. The van der Waals surface area contributed by atoms with E-state index >= 15 is 0 Å². The number of ether oxygens (including phenoxy) is 2. The fourth-order valence-electron chi connectivity index (χ4n) is 6.88. The SMILES string of the molecule is CCCCCCCCC/C=C\CCCCCCC(O)C(=O)NC(COC1OC(CO)C(O)C(OS(=O)(=O)O)C1O)C(O)/C=C/CC/C=C/CCCCCCCCCC. The topological polar surface area (TPSA) is 212 Å². The Kier molecular flexibility index (Phi) is 32.7. The number of carbonyl (C=O) groups is 1. The monoisotopic (exact) mass is 848 g/mol. The number of hydrogen-bond acceptors (Lipinski definition) is 11. The Morgan fingerprint density at radius 1 is 0.690 bits per heavy atom. The van der Waals surface area contributed by atoms with E-state index in [1.165, 1.54) is 96.0 Å². The fourth-order valence-corrected chi connectivity index (χ4v) is 7.39. The Morgan fingerprint density at radius 3 is 1.66 bits per heavy atom. The summed E-state index contributed by atoms with van der Waals surface area (Å²) in [6.07, 6.45) is 28.0. The third-order valence-electron chi connectivity index (χ3n) is 10.5. The van der Waals surface area contributed by atoms with E-state index in [4.69, 9.17) is 14.0 Å². The lowest BCUT2D eigenvalue weighted by molar-refractivity contribution is -0.298. The number of rotatable bonds is 37. The molecule has 1 aliphatic heterocycles. The first kappa shape index (κ1) is 54.3. The highest BCUT2D eigenvalue weighted by Crippen LogP contribution is 2.26. The predicted molar refractivity (Wildman–Crippen MR) is 228 cm³/mol. The number of nitrogens with one attached hydrogen (secondary N) is 1. The van der Waals surface area contributed by atoms with Crippen LogP contribution in [0.25, 0.3) is 0 Å². The van der Waals surface area contributed by atoms with E-state index < -0.39 is 78.5 Å². The maximum absolute atomic E-state index is 13.1. The quantitative estimate of drug-likeness (QED) is 0.0187. The Hall–Kier alpha value is -1.72. The Bertz CT molecular complexity index is 1200. The maximum Gasteiger partial charge on any atom is 0.397 e. The van der Waals surface area contributed by atoms with Gasteiger partial charge in [0.15, 0.2) is 6.29 Å². The number of aliphatic hydroxyl groups is 5. The lowest BCUT2D eigenvalue weighted by Crippen LogP contribution is -2.61. The van der Waals surface area contributed by atoms with Crippen LogP contribution in [-0.4, -0.2) is 107 Å². The fraction of sp³-hybridized carbons (Fsp3) is 0.841. The van der Waals surface area contributed by atoms with Crippen molar-refractivity contribution in [3.8, 4) is 0 Å². The minimum atomic E-state index is -5.12. The maximum atomic E-state index is 13.1. The third-order valence-corrected chi connectivity index (χ3v) is 11.0. The smallest absolute Gasteiger partial charge is 0.394 e. The molecule has 0 bridgehead atoms. The van der Waals surface area contributed by atoms with E-state index in [-0.39, 0.29) is 6.42 Å². The molecule has 340 valence electrons. The molecule has 0 radical (unpaired) electrons. The molecule has 0 saturated carbocycles. The number of unbranched alkanes of at least 4 members (excludes halogenated alkanes) is 20. The van der Waals surface area contributed by atoms with Gasteiger partial charge in [-0.3, -0.25) is 9.35 Å². The van der Waals surface area contributed by atoms with Crippen molar-refractivity contribution in [1.29, 1.82) is 0 Å². The van der Waals surface area contributed by atoms with E-state index in [2.05, 4.69) is 47.7 Å². The van der Waals surface area contributed by atoms with Gasteiger partial charge in [-0.25, -0.2) is 4.18 Å². The first-order chi connectivity index (χ1) is 27.9. The summed E-state index contributed by atoms with van der Waals surface area (Å²) in [4.78, 5) is 13.1. The van der Waals surface area contributed by atoms with Gasteiger partial charge in [0.05, 0.1) is 25.4 Å². The first-order valence-corrected chi connectivity index (χ1v) is 23.8. The van der Waals surface area contributed by atoms with Gasteiger partial charge in [0.25, 0.3) is 0 Å². The molecule has 0 spiro atoms. The van der Waals surface area contributed by atoms with Gasteiger partial charge in [0, 0.05) is 0 Å². The molecule has 1 aliphatic rings. The van der Waals surface area contributed by atoms with Crippen molar-refractivity contribution < 1.29 is 57.0 Å². The van der Waals surface area contributed by atoms with Crippen molar-refractivity contribution in [2.75, 3.05) is 13.2 Å². The zero-order chi connectivity index (χ0) is 42.9. The van der Waals surface area contributed by atoms with Gasteiger partial charge in [-0.2, -0.15) is 8.42 Å². The van der Waals surface area contributed by atoms with Crippen LogP contribution in [0.3, 0.4) is 0 Å². The molecule has 0 aliphatic carbocycles. The van der Waals surface area contributed by atoms with Gasteiger partial charge in [-0.1, -0.05) is 153 Å². The van der Waals surface area contributed by atoms with Crippen molar-refractivity contribution in [3.05, 3.63) is 36.5 Å². The summed E-state index contributed by atoms with van der Waals surface area (Å²) in [5.41, 5.74) is 0. The molecule has 1 fully saturated rings. The molecule has 7 N–H and O–H groups in total. The van der Waals surface area contributed by atoms with Crippen LogP contribution in [-0.2, 0) is 28.9 Å². The molecule has 1 amide bonds. The van der Waals surface area contributed by atoms with Crippen molar-refractivity contribution in [2.45, 2.75) is 223 Å². The van der Waals surface area contributed by atoms with Crippen molar-refractivity contribution >= 4 is 16.3 Å². The van der Waals surface area contributed by atoms with Crippen molar-refractivity contribution in [3.63, 3.8) is 0 Å². The van der Waals surface area contributed by atoms with E-state index in [1.807, 2.05) is 0 Å². The molecule has 58 heavy (non-hydrogen) atoms. The molecular formula is C44H81NO12S. The van der Waals surface area contributed by atoms with Gasteiger partial charge in [-0.05, 0) is 57.8 Å². The predicted octanol–water partition coefficient (Wildman–Crippen LogP) is 7.30. The second kappa shape index (κ2) is 34.9. The van der Waals surface area contributed by atoms with Gasteiger partial charge in [-0.15, -0.1) is 0 Å². The van der Waals surface area contributed by atoms with Crippen LogP contribution >= 0.6 is 0 Å². The average molecular weight is 848 g/mol. The van der Waals surface area contributed by atoms with E-state index in [1.54, 1.807) is 6.08 Å². The molecular weight excluding hydrogens is 767 g/mol. The Balaban J connectivity index is 2.65. The number of carbonyl (C=O) groups excluding carboxylic acids is 1. The van der Waals surface area contributed by atoms with Crippen LogP contribution in [0.1, 0.15) is 174 Å². The normalized spacial score (nSPS) is 22.0. The lowest BCUT2D eigenvalue weighted by atomic mass is 9.99. The minimum Gasteiger partial charge on any atom is -0.394 e. The van der Waals surface area contributed by atoms with Crippen molar-refractivity contribution in [1.82, 2.24) is 5.32 Å². The molecule has 14 heteroatoms. The van der Waals surface area contributed by atoms with Crippen LogP contribution < -0.4 is 5.32 Å². The van der Waals surface area contributed by atoms with Gasteiger partial charge < -0.3 is 40.3 Å². The highest BCUT2D eigenvalue weighted by Gasteiger charge is 2.48. The molecule has 0 aromatic carbocycles. The zero-order valence-corrected chi connectivity index (χ0v) is 36.5. The molecule has 8 unspecified atom stereocenters. The standard InChI is InChI=1S/C44H81NO12S/c1-3-5-7-9-11-13-15-17-19-21-23-25-27-29-31-33-38(48)43(51)45-36(35-55-44-41(50)42(57-58(52,53)54)40(49)39(34-46)56-44)37(47)32-30-28-26-24-22-20-18-16-14-12-10-8-6-4-2/h19,21-22,24,30,32,36-42,44,46-50H,3-18,20,23,25-29,31,33-35H2,1-2H3,(H,45,51)(H,52,53,54)/b21-19-,24-22+,32-30+. The van der Waals surface area contributed by atoms with Crippen LogP contribution in [0.2, 0.25) is 0 Å². The number of allylic oxidation sites excluding steroid dienone is 5. The minimum absolute atomic E-state index is 0.222. The number of hydrogen-bond donors (Lipinski definition) is 7. The van der Waals surface area contributed by atoms with Crippen LogP contribution in [0.4, 0.5) is 0 Å². The number of amides is 1. The Morgan fingerprint density at radius 2 is 1.16 bits per heavy atom. The first-order valence-electron chi connectivity index (χ1n) is 22.5.